The van der Waals surface area contributed by atoms with Crippen molar-refractivity contribution in [1.29, 1.82) is 0 Å². The Morgan fingerprint density at radius 2 is 2.06 bits per heavy atom. The number of nitrogens with zero attached hydrogens (tertiary/aromatic N) is 3. The van der Waals surface area contributed by atoms with Gasteiger partial charge in [-0.3, -0.25) is 0 Å². The fourth-order valence-corrected chi connectivity index (χ4v) is 2.19. The number of nitrogens with one attached hydrogen (secondary N) is 1. The fraction of sp³-hybridized carbons (Fsp3) is 0.364. The van der Waals surface area contributed by atoms with Gasteiger partial charge in [0.1, 0.15) is 22.5 Å². The molecule has 0 aliphatic carbocycles. The topological polar surface area (TPSA) is 76.7 Å². The zero-order valence-corrected chi connectivity index (χ0v) is 10.9. The Balaban J connectivity index is 2.14. The van der Waals surface area contributed by atoms with Gasteiger partial charge in [-0.2, -0.15) is 0 Å². The molecule has 2 heterocycles. The maximum Gasteiger partial charge on any atom is 0.135 e. The number of thiazole rings is 1. The first-order chi connectivity index (χ1) is 8.06. The van der Waals surface area contributed by atoms with Crippen LogP contribution in [-0.4, -0.2) is 15.0 Å². The maximum atomic E-state index is 5.79. The smallest absolute Gasteiger partial charge is 0.135 e. The summed E-state index contributed by atoms with van der Waals surface area (Å²) in [7, 11) is 0. The van der Waals surface area contributed by atoms with Gasteiger partial charge in [0.05, 0.1) is 6.54 Å². The van der Waals surface area contributed by atoms with E-state index in [2.05, 4.69) is 20.3 Å². The number of rotatable bonds is 3. The van der Waals surface area contributed by atoms with E-state index in [4.69, 9.17) is 5.73 Å². The molecular weight excluding hydrogens is 234 g/mol. The van der Waals surface area contributed by atoms with Gasteiger partial charge in [0.15, 0.2) is 0 Å². The predicted molar refractivity (Wildman–Crippen MR) is 70.1 cm³/mol. The number of aryl methyl sites for hydroxylation is 2. The van der Waals surface area contributed by atoms with Gasteiger partial charge in [-0.25, -0.2) is 15.0 Å². The standard InChI is InChI=1S/C11H15N5S/c1-6-4-13-9(17-6)5-14-11-7(2)10(12)15-8(3)16-11/h4H,5H2,1-3H3,(H3,12,14,15,16). The average Bonchev–Trinajstić information content (AvgIpc) is 2.67. The molecule has 0 fully saturated rings. The third kappa shape index (κ3) is 2.71. The summed E-state index contributed by atoms with van der Waals surface area (Å²) in [6, 6.07) is 0. The molecule has 90 valence electrons. The van der Waals surface area contributed by atoms with E-state index in [0.29, 0.717) is 18.2 Å². The van der Waals surface area contributed by atoms with Gasteiger partial charge in [0.25, 0.3) is 0 Å². The molecule has 0 aromatic carbocycles. The lowest BCUT2D eigenvalue weighted by Gasteiger charge is -2.09. The van der Waals surface area contributed by atoms with Gasteiger partial charge < -0.3 is 11.1 Å². The highest BCUT2D eigenvalue weighted by Crippen LogP contribution is 2.18. The summed E-state index contributed by atoms with van der Waals surface area (Å²) in [5.41, 5.74) is 6.67. The second-order valence-electron chi connectivity index (χ2n) is 3.85. The normalized spacial score (nSPS) is 10.5. The van der Waals surface area contributed by atoms with E-state index in [0.717, 1.165) is 16.4 Å². The Bertz CT molecular complexity index is 535. The monoisotopic (exact) mass is 249 g/mol. The van der Waals surface area contributed by atoms with E-state index >= 15 is 0 Å². The van der Waals surface area contributed by atoms with Crippen molar-refractivity contribution in [3.63, 3.8) is 0 Å². The van der Waals surface area contributed by atoms with Gasteiger partial charge in [-0.15, -0.1) is 11.3 Å². The van der Waals surface area contributed by atoms with Crippen LogP contribution in [0.5, 0.6) is 0 Å². The number of hydrogen-bond donors (Lipinski definition) is 2. The lowest BCUT2D eigenvalue weighted by atomic mass is 10.3. The minimum Gasteiger partial charge on any atom is -0.383 e. The fourth-order valence-electron chi connectivity index (χ4n) is 1.46. The van der Waals surface area contributed by atoms with E-state index < -0.39 is 0 Å². The summed E-state index contributed by atoms with van der Waals surface area (Å²) in [5.74, 6) is 1.98. The van der Waals surface area contributed by atoms with Crippen LogP contribution >= 0.6 is 11.3 Å². The third-order valence-electron chi connectivity index (χ3n) is 2.37. The third-order valence-corrected chi connectivity index (χ3v) is 3.28. The predicted octanol–water partition coefficient (Wildman–Crippen LogP) is 2.05. The summed E-state index contributed by atoms with van der Waals surface area (Å²) in [5, 5.41) is 4.28. The summed E-state index contributed by atoms with van der Waals surface area (Å²) in [6.45, 7) is 6.44. The van der Waals surface area contributed by atoms with Gasteiger partial charge >= 0.3 is 0 Å². The molecule has 6 heteroatoms. The van der Waals surface area contributed by atoms with Crippen LogP contribution in [-0.2, 0) is 6.54 Å². The SMILES string of the molecule is Cc1nc(N)c(C)c(NCc2ncc(C)s2)n1. The van der Waals surface area contributed by atoms with Crippen molar-refractivity contribution in [2.24, 2.45) is 0 Å². The van der Waals surface area contributed by atoms with Crippen LogP contribution in [0.15, 0.2) is 6.20 Å². The van der Waals surface area contributed by atoms with E-state index in [-0.39, 0.29) is 0 Å². The molecule has 0 atom stereocenters. The van der Waals surface area contributed by atoms with Crippen LogP contribution in [0, 0.1) is 20.8 Å². The Morgan fingerprint density at radius 1 is 1.29 bits per heavy atom. The minimum absolute atomic E-state index is 0.523. The van der Waals surface area contributed by atoms with Crippen molar-refractivity contribution in [1.82, 2.24) is 15.0 Å². The molecule has 0 aliphatic rings. The summed E-state index contributed by atoms with van der Waals surface area (Å²) in [6.07, 6.45) is 1.87. The van der Waals surface area contributed by atoms with Crippen LogP contribution < -0.4 is 11.1 Å². The Labute approximate surface area is 104 Å². The number of anilines is 2. The van der Waals surface area contributed by atoms with Crippen molar-refractivity contribution >= 4 is 23.0 Å². The number of hydrogen-bond acceptors (Lipinski definition) is 6. The first-order valence-corrected chi connectivity index (χ1v) is 6.14. The molecule has 0 unspecified atom stereocenters. The lowest BCUT2D eigenvalue weighted by Crippen LogP contribution is -2.07. The molecule has 0 bridgehead atoms. The van der Waals surface area contributed by atoms with Crippen molar-refractivity contribution in [2.45, 2.75) is 27.3 Å². The number of nitrogen functional groups attached to an aromatic ring is 1. The maximum absolute atomic E-state index is 5.79. The molecule has 0 spiro atoms. The van der Waals surface area contributed by atoms with Crippen molar-refractivity contribution in [3.8, 4) is 0 Å². The van der Waals surface area contributed by atoms with Crippen molar-refractivity contribution < 1.29 is 0 Å². The van der Waals surface area contributed by atoms with E-state index in [1.807, 2.05) is 27.0 Å². The number of nitrogens with two attached hydrogens (primary N) is 1. The summed E-state index contributed by atoms with van der Waals surface area (Å²) >= 11 is 1.67. The molecule has 2 aromatic heterocycles. The molecule has 0 amide bonds. The first-order valence-electron chi connectivity index (χ1n) is 5.32. The highest BCUT2D eigenvalue weighted by molar-refractivity contribution is 7.11. The van der Waals surface area contributed by atoms with Gasteiger partial charge in [-0.05, 0) is 20.8 Å². The molecule has 2 aromatic rings. The van der Waals surface area contributed by atoms with Crippen LogP contribution in [0.1, 0.15) is 21.3 Å². The highest BCUT2D eigenvalue weighted by atomic mass is 32.1. The molecule has 0 saturated heterocycles. The van der Waals surface area contributed by atoms with Crippen molar-refractivity contribution in [3.05, 3.63) is 27.5 Å². The van der Waals surface area contributed by atoms with Crippen LogP contribution in [0.2, 0.25) is 0 Å². The molecule has 17 heavy (non-hydrogen) atoms. The number of aromatic nitrogens is 3. The lowest BCUT2D eigenvalue weighted by molar-refractivity contribution is 1.00. The quantitative estimate of drug-likeness (QED) is 0.870. The molecular formula is C11H15N5S. The minimum atomic E-state index is 0.523. The van der Waals surface area contributed by atoms with E-state index in [9.17, 15) is 0 Å². The molecule has 5 nitrogen and oxygen atoms in total. The zero-order valence-electron chi connectivity index (χ0n) is 10.1. The van der Waals surface area contributed by atoms with Crippen LogP contribution in [0.4, 0.5) is 11.6 Å². The molecule has 0 aliphatic heterocycles. The van der Waals surface area contributed by atoms with Crippen LogP contribution in [0.25, 0.3) is 0 Å². The Hall–Kier alpha value is -1.69. The molecule has 2 rings (SSSR count). The molecule has 3 N–H and O–H groups in total. The Morgan fingerprint density at radius 3 is 2.71 bits per heavy atom. The van der Waals surface area contributed by atoms with Crippen molar-refractivity contribution in [2.75, 3.05) is 11.1 Å². The van der Waals surface area contributed by atoms with Gasteiger partial charge in [0, 0.05) is 16.6 Å². The highest BCUT2D eigenvalue weighted by Gasteiger charge is 2.07. The molecule has 0 radical (unpaired) electrons. The van der Waals surface area contributed by atoms with Gasteiger partial charge in [-0.1, -0.05) is 0 Å². The Kier molecular flexibility index (Phi) is 3.23. The molecule has 0 saturated carbocycles. The average molecular weight is 249 g/mol. The summed E-state index contributed by atoms with van der Waals surface area (Å²) in [4.78, 5) is 13.9. The van der Waals surface area contributed by atoms with E-state index in [1.165, 1.54) is 4.88 Å². The van der Waals surface area contributed by atoms with Crippen LogP contribution in [0.3, 0.4) is 0 Å². The first kappa shape index (κ1) is 11.8. The zero-order chi connectivity index (χ0) is 12.4. The van der Waals surface area contributed by atoms with Gasteiger partial charge in [0.2, 0.25) is 0 Å². The second-order valence-corrected chi connectivity index (χ2v) is 5.17. The summed E-state index contributed by atoms with van der Waals surface area (Å²) < 4.78 is 0. The second kappa shape index (κ2) is 4.67. The largest absolute Gasteiger partial charge is 0.383 e. The van der Waals surface area contributed by atoms with E-state index in [1.54, 1.807) is 11.3 Å².